The number of rotatable bonds is 4. The number of hydrogen-bond donors (Lipinski definition) is 0. The van der Waals surface area contributed by atoms with Crippen molar-refractivity contribution < 1.29 is 27.1 Å². The number of amides is 1. The molecule has 3 nitrogen and oxygen atoms in total. The molecule has 0 N–H and O–H groups in total. The number of anilines is 1. The molecule has 1 heterocycles. The SMILES string of the molecule is O=C1CSC(c2cccc(C(F)(F)F)c2)N1c1ccc(Oc2cccc(F)c2)cc1. The average Bonchev–Trinajstić information content (AvgIpc) is 3.10. The van der Waals surface area contributed by atoms with Crippen molar-refractivity contribution >= 4 is 23.4 Å². The van der Waals surface area contributed by atoms with Crippen molar-refractivity contribution in [1.82, 2.24) is 0 Å². The Bertz CT molecular complexity index is 1070. The largest absolute Gasteiger partial charge is 0.457 e. The molecular formula is C22H15F4NO2S. The average molecular weight is 433 g/mol. The van der Waals surface area contributed by atoms with Gasteiger partial charge in [0.25, 0.3) is 0 Å². The maximum Gasteiger partial charge on any atom is 0.416 e. The first-order valence-corrected chi connectivity index (χ1v) is 10.0. The third kappa shape index (κ3) is 4.28. The van der Waals surface area contributed by atoms with Crippen molar-refractivity contribution in [3.05, 3.63) is 89.7 Å². The summed E-state index contributed by atoms with van der Waals surface area (Å²) in [5, 5.41) is -0.560. The summed E-state index contributed by atoms with van der Waals surface area (Å²) in [5.41, 5.74) is 0.193. The van der Waals surface area contributed by atoms with Gasteiger partial charge in [-0.1, -0.05) is 18.2 Å². The molecule has 30 heavy (non-hydrogen) atoms. The van der Waals surface area contributed by atoms with Crippen LogP contribution in [0.15, 0.2) is 72.8 Å². The molecule has 1 unspecified atom stereocenters. The normalized spacial score (nSPS) is 16.7. The Hall–Kier alpha value is -3.00. The number of alkyl halides is 3. The van der Waals surface area contributed by atoms with Crippen molar-refractivity contribution in [2.75, 3.05) is 10.7 Å². The Labute approximate surface area is 174 Å². The minimum Gasteiger partial charge on any atom is -0.457 e. The lowest BCUT2D eigenvalue weighted by atomic mass is 10.1. The fraction of sp³-hybridized carbons (Fsp3) is 0.136. The van der Waals surface area contributed by atoms with Crippen LogP contribution in [0, 0.1) is 5.82 Å². The summed E-state index contributed by atoms with van der Waals surface area (Å²) in [6.07, 6.45) is -4.45. The maximum absolute atomic E-state index is 13.3. The minimum absolute atomic E-state index is 0.169. The van der Waals surface area contributed by atoms with Gasteiger partial charge in [0.2, 0.25) is 5.91 Å². The second kappa shape index (κ2) is 8.02. The Morgan fingerprint density at radius 3 is 2.37 bits per heavy atom. The van der Waals surface area contributed by atoms with Crippen molar-refractivity contribution in [2.24, 2.45) is 0 Å². The number of ether oxygens (including phenoxy) is 1. The number of nitrogens with zero attached hydrogens (tertiary/aromatic N) is 1. The van der Waals surface area contributed by atoms with Crippen molar-refractivity contribution in [1.29, 1.82) is 0 Å². The van der Waals surface area contributed by atoms with E-state index in [9.17, 15) is 22.4 Å². The molecule has 3 aromatic rings. The number of carbonyl (C=O) groups excluding carboxylic acids is 1. The van der Waals surface area contributed by atoms with E-state index in [-0.39, 0.29) is 11.7 Å². The van der Waals surface area contributed by atoms with Crippen LogP contribution in [0.3, 0.4) is 0 Å². The molecule has 1 aliphatic heterocycles. The zero-order valence-corrected chi connectivity index (χ0v) is 16.2. The minimum atomic E-state index is -4.45. The van der Waals surface area contributed by atoms with E-state index in [2.05, 4.69) is 0 Å². The fourth-order valence-corrected chi connectivity index (χ4v) is 4.33. The number of halogens is 4. The molecule has 3 aromatic carbocycles. The summed E-state index contributed by atoms with van der Waals surface area (Å²) >= 11 is 1.27. The Morgan fingerprint density at radius 2 is 1.67 bits per heavy atom. The van der Waals surface area contributed by atoms with E-state index in [4.69, 9.17) is 4.74 Å². The molecule has 0 radical (unpaired) electrons. The maximum atomic E-state index is 13.3. The van der Waals surface area contributed by atoms with Crippen LogP contribution in [0.5, 0.6) is 11.5 Å². The Kier molecular flexibility index (Phi) is 5.42. The van der Waals surface area contributed by atoms with Crippen LogP contribution in [0.2, 0.25) is 0 Å². The van der Waals surface area contributed by atoms with Gasteiger partial charge in [-0.2, -0.15) is 13.2 Å². The summed E-state index contributed by atoms with van der Waals surface area (Å²) in [6, 6.07) is 17.3. The molecule has 0 aliphatic carbocycles. The molecule has 154 valence electrons. The highest BCUT2D eigenvalue weighted by Crippen LogP contribution is 2.43. The number of carbonyl (C=O) groups is 1. The molecule has 1 amide bonds. The summed E-state index contributed by atoms with van der Waals surface area (Å²) in [4.78, 5) is 13.9. The monoisotopic (exact) mass is 433 g/mol. The highest BCUT2D eigenvalue weighted by atomic mass is 32.2. The van der Waals surface area contributed by atoms with Gasteiger partial charge in [0.1, 0.15) is 22.7 Å². The van der Waals surface area contributed by atoms with E-state index in [1.165, 1.54) is 40.9 Å². The molecule has 1 saturated heterocycles. The second-order valence-electron chi connectivity index (χ2n) is 6.60. The van der Waals surface area contributed by atoms with Gasteiger partial charge in [-0.15, -0.1) is 11.8 Å². The van der Waals surface area contributed by atoms with Crippen molar-refractivity contribution in [3.63, 3.8) is 0 Å². The lowest BCUT2D eigenvalue weighted by Gasteiger charge is -2.25. The predicted octanol–water partition coefficient (Wildman–Crippen LogP) is 6.42. The van der Waals surface area contributed by atoms with Gasteiger partial charge in [0, 0.05) is 11.8 Å². The number of benzene rings is 3. The lowest BCUT2D eigenvalue weighted by molar-refractivity contribution is -0.137. The van der Waals surface area contributed by atoms with E-state index in [1.807, 2.05) is 0 Å². The summed E-state index contributed by atoms with van der Waals surface area (Å²) in [7, 11) is 0. The smallest absolute Gasteiger partial charge is 0.416 e. The van der Waals surface area contributed by atoms with Crippen molar-refractivity contribution in [2.45, 2.75) is 11.6 Å². The zero-order chi connectivity index (χ0) is 21.3. The van der Waals surface area contributed by atoms with Crippen molar-refractivity contribution in [3.8, 4) is 11.5 Å². The van der Waals surface area contributed by atoms with Crippen LogP contribution < -0.4 is 9.64 Å². The molecule has 4 rings (SSSR count). The second-order valence-corrected chi connectivity index (χ2v) is 7.67. The van der Waals surface area contributed by atoms with E-state index in [0.29, 0.717) is 22.7 Å². The van der Waals surface area contributed by atoms with Gasteiger partial charge in [-0.25, -0.2) is 4.39 Å². The molecular weight excluding hydrogens is 418 g/mol. The standard InChI is InChI=1S/C22H15F4NO2S/c23-16-5-2-6-19(12-16)29-18-9-7-17(8-10-18)27-20(28)13-30-21(27)14-3-1-4-15(11-14)22(24,25)26/h1-12,21H,13H2. The van der Waals surface area contributed by atoms with E-state index in [1.54, 1.807) is 36.4 Å². The third-order valence-corrected chi connectivity index (χ3v) is 5.73. The van der Waals surface area contributed by atoms with E-state index >= 15 is 0 Å². The zero-order valence-electron chi connectivity index (χ0n) is 15.4. The summed E-state index contributed by atoms with van der Waals surface area (Å²) in [6.45, 7) is 0. The van der Waals surface area contributed by atoms with Crippen LogP contribution in [0.4, 0.5) is 23.2 Å². The first kappa shape index (κ1) is 20.3. The molecule has 1 atom stereocenters. The summed E-state index contributed by atoms with van der Waals surface area (Å²) < 4.78 is 58.1. The van der Waals surface area contributed by atoms with Gasteiger partial charge in [-0.3, -0.25) is 9.69 Å². The Morgan fingerprint density at radius 1 is 0.933 bits per heavy atom. The number of hydrogen-bond acceptors (Lipinski definition) is 3. The van der Waals surface area contributed by atoms with E-state index in [0.717, 1.165) is 12.1 Å². The van der Waals surface area contributed by atoms with Crippen LogP contribution in [-0.4, -0.2) is 11.7 Å². The quantitative estimate of drug-likeness (QED) is 0.445. The fourth-order valence-electron chi connectivity index (χ4n) is 3.16. The highest BCUT2D eigenvalue weighted by molar-refractivity contribution is 8.00. The molecule has 0 bridgehead atoms. The number of thioether (sulfide) groups is 1. The molecule has 8 heteroatoms. The van der Waals surface area contributed by atoms with Crippen LogP contribution in [0.1, 0.15) is 16.5 Å². The van der Waals surface area contributed by atoms with Gasteiger partial charge in [0.15, 0.2) is 0 Å². The van der Waals surface area contributed by atoms with Gasteiger partial charge in [0.05, 0.1) is 11.3 Å². The summed E-state index contributed by atoms with van der Waals surface area (Å²) in [5.74, 6) is 0.327. The molecule has 0 spiro atoms. The highest BCUT2D eigenvalue weighted by Gasteiger charge is 2.36. The van der Waals surface area contributed by atoms with Crippen LogP contribution in [0.25, 0.3) is 0 Å². The van der Waals surface area contributed by atoms with Gasteiger partial charge < -0.3 is 4.74 Å². The van der Waals surface area contributed by atoms with Gasteiger partial charge >= 0.3 is 6.18 Å². The van der Waals surface area contributed by atoms with Crippen LogP contribution in [-0.2, 0) is 11.0 Å². The molecule has 1 fully saturated rings. The molecule has 0 aromatic heterocycles. The third-order valence-electron chi connectivity index (χ3n) is 4.51. The predicted molar refractivity (Wildman–Crippen MR) is 107 cm³/mol. The molecule has 0 saturated carbocycles. The van der Waals surface area contributed by atoms with Gasteiger partial charge in [-0.05, 0) is 54.1 Å². The molecule has 1 aliphatic rings. The first-order chi connectivity index (χ1) is 14.3. The first-order valence-electron chi connectivity index (χ1n) is 8.95. The lowest BCUT2D eigenvalue weighted by Crippen LogP contribution is -2.27. The topological polar surface area (TPSA) is 29.5 Å². The Balaban J connectivity index is 1.58. The van der Waals surface area contributed by atoms with E-state index < -0.39 is 22.9 Å². The van der Waals surface area contributed by atoms with Crippen LogP contribution >= 0.6 is 11.8 Å².